The Morgan fingerprint density at radius 1 is 0.968 bits per heavy atom. The van der Waals surface area contributed by atoms with Crippen LogP contribution >= 0.6 is 0 Å². The van der Waals surface area contributed by atoms with E-state index in [-0.39, 0.29) is 35.6 Å². The Morgan fingerprint density at radius 2 is 1.71 bits per heavy atom. The third kappa shape index (κ3) is 2.83. The number of hydrogen-bond donors (Lipinski definition) is 0. The van der Waals surface area contributed by atoms with E-state index >= 15 is 0 Å². The van der Waals surface area contributed by atoms with Crippen molar-refractivity contribution in [2.45, 2.75) is 44.3 Å². The molecule has 0 radical (unpaired) electrons. The van der Waals surface area contributed by atoms with Gasteiger partial charge in [0.1, 0.15) is 11.7 Å². The zero-order chi connectivity index (χ0) is 21.1. The van der Waals surface area contributed by atoms with Crippen LogP contribution in [0.25, 0.3) is 10.9 Å². The minimum atomic E-state index is -0.704. The van der Waals surface area contributed by atoms with Crippen LogP contribution in [0.4, 0.5) is 0 Å². The SMILES string of the molecule is CCc1ccc(Oc2ccc3ccccc3n2)cc1C1C(=O)[C@@H]2[C@H](C1=O)[C@H]1CC[C@@H]2O1. The summed E-state index contributed by atoms with van der Waals surface area (Å²) in [7, 11) is 0. The highest BCUT2D eigenvalue weighted by Gasteiger charge is 2.63. The second-order valence-corrected chi connectivity index (χ2v) is 8.74. The van der Waals surface area contributed by atoms with Gasteiger partial charge in [-0.05, 0) is 54.7 Å². The molecular weight excluding hydrogens is 390 g/mol. The highest BCUT2D eigenvalue weighted by Crippen LogP contribution is 2.52. The standard InChI is InChI=1S/C26H23NO4/c1-2-14-7-9-16(30-21-12-8-15-5-3-4-6-18(15)27-21)13-17(14)22-25(28)23-19-10-11-20(31-19)24(23)26(22)29/h3-9,12-13,19-20,22-24H,2,10-11H2,1H3/t19-,20+,22?,23-,24+. The Kier molecular flexibility index (Phi) is 4.22. The number of para-hydroxylation sites is 1. The number of aryl methyl sites for hydroxylation is 1. The maximum absolute atomic E-state index is 13.3. The molecule has 1 aliphatic carbocycles. The summed E-state index contributed by atoms with van der Waals surface area (Å²) >= 11 is 0. The molecule has 3 aliphatic rings. The van der Waals surface area contributed by atoms with E-state index in [0.717, 1.165) is 41.3 Å². The fourth-order valence-corrected chi connectivity index (χ4v) is 5.68. The van der Waals surface area contributed by atoms with Crippen LogP contribution in [0.2, 0.25) is 0 Å². The van der Waals surface area contributed by atoms with Gasteiger partial charge in [0.25, 0.3) is 0 Å². The first kappa shape index (κ1) is 18.7. The van der Waals surface area contributed by atoms with E-state index in [1.165, 1.54) is 0 Å². The van der Waals surface area contributed by atoms with E-state index in [9.17, 15) is 9.59 Å². The van der Waals surface area contributed by atoms with Crippen molar-refractivity contribution < 1.29 is 19.1 Å². The molecule has 0 N–H and O–H groups in total. The van der Waals surface area contributed by atoms with Gasteiger partial charge in [-0.15, -0.1) is 0 Å². The third-order valence-electron chi connectivity index (χ3n) is 7.10. The zero-order valence-corrected chi connectivity index (χ0v) is 17.3. The van der Waals surface area contributed by atoms with Crippen molar-refractivity contribution in [1.29, 1.82) is 0 Å². The molecule has 0 spiro atoms. The van der Waals surface area contributed by atoms with Crippen LogP contribution in [0.3, 0.4) is 0 Å². The molecule has 2 aromatic carbocycles. The largest absolute Gasteiger partial charge is 0.439 e. The van der Waals surface area contributed by atoms with Crippen molar-refractivity contribution >= 4 is 22.5 Å². The fourth-order valence-electron chi connectivity index (χ4n) is 5.68. The number of ketones is 2. The van der Waals surface area contributed by atoms with Gasteiger partial charge in [-0.3, -0.25) is 9.59 Å². The smallest absolute Gasteiger partial charge is 0.219 e. The van der Waals surface area contributed by atoms with E-state index in [4.69, 9.17) is 9.47 Å². The summed E-state index contributed by atoms with van der Waals surface area (Å²) in [5.41, 5.74) is 2.65. The lowest BCUT2D eigenvalue weighted by molar-refractivity contribution is -0.127. The molecule has 0 amide bonds. The first-order valence-electron chi connectivity index (χ1n) is 11.0. The number of rotatable bonds is 4. The van der Waals surface area contributed by atoms with Gasteiger partial charge < -0.3 is 9.47 Å². The first-order valence-corrected chi connectivity index (χ1v) is 11.0. The molecule has 1 aromatic heterocycles. The molecule has 1 unspecified atom stereocenters. The monoisotopic (exact) mass is 413 g/mol. The van der Waals surface area contributed by atoms with Crippen LogP contribution in [-0.2, 0) is 20.7 Å². The van der Waals surface area contributed by atoms with Gasteiger partial charge in [0, 0.05) is 11.5 Å². The summed E-state index contributed by atoms with van der Waals surface area (Å²) in [6.07, 6.45) is 2.36. The Morgan fingerprint density at radius 3 is 2.45 bits per heavy atom. The number of carbonyl (C=O) groups excluding carboxylic acids is 2. The van der Waals surface area contributed by atoms with Crippen molar-refractivity contribution in [2.24, 2.45) is 11.8 Å². The Bertz CT molecular complexity index is 1190. The number of nitrogens with zero attached hydrogens (tertiary/aromatic N) is 1. The Labute approximate surface area is 180 Å². The normalized spacial score (nSPS) is 29.0. The van der Waals surface area contributed by atoms with Crippen molar-refractivity contribution in [3.8, 4) is 11.6 Å². The van der Waals surface area contributed by atoms with E-state index in [0.29, 0.717) is 11.6 Å². The van der Waals surface area contributed by atoms with Crippen LogP contribution in [0.15, 0.2) is 54.6 Å². The predicted molar refractivity (Wildman–Crippen MR) is 115 cm³/mol. The fraction of sp³-hybridized carbons (Fsp3) is 0.346. The molecule has 3 heterocycles. The summed E-state index contributed by atoms with van der Waals surface area (Å²) < 4.78 is 11.9. The van der Waals surface area contributed by atoms with Crippen LogP contribution in [0, 0.1) is 11.8 Å². The molecule has 2 saturated heterocycles. The topological polar surface area (TPSA) is 65.5 Å². The van der Waals surface area contributed by atoms with Gasteiger partial charge in [0.15, 0.2) is 11.6 Å². The van der Waals surface area contributed by atoms with Crippen LogP contribution < -0.4 is 4.74 Å². The predicted octanol–water partition coefficient (Wildman–Crippen LogP) is 4.62. The minimum absolute atomic E-state index is 0.0258. The van der Waals surface area contributed by atoms with E-state index in [1.807, 2.05) is 61.5 Å². The van der Waals surface area contributed by atoms with Gasteiger partial charge >= 0.3 is 0 Å². The Hall–Kier alpha value is -3.05. The zero-order valence-electron chi connectivity index (χ0n) is 17.3. The van der Waals surface area contributed by atoms with E-state index in [2.05, 4.69) is 4.98 Å². The number of carbonyl (C=O) groups is 2. The highest BCUT2D eigenvalue weighted by molar-refractivity contribution is 6.17. The average molecular weight is 413 g/mol. The molecule has 31 heavy (non-hydrogen) atoms. The molecule has 2 aliphatic heterocycles. The van der Waals surface area contributed by atoms with Gasteiger partial charge in [-0.1, -0.05) is 31.2 Å². The summed E-state index contributed by atoms with van der Waals surface area (Å²) in [6.45, 7) is 2.04. The third-order valence-corrected chi connectivity index (χ3v) is 7.10. The van der Waals surface area contributed by atoms with Gasteiger partial charge in [-0.2, -0.15) is 0 Å². The van der Waals surface area contributed by atoms with Crippen molar-refractivity contribution in [2.75, 3.05) is 0 Å². The van der Waals surface area contributed by atoms with Gasteiger partial charge in [0.05, 0.1) is 29.6 Å². The molecule has 6 rings (SSSR count). The van der Waals surface area contributed by atoms with Crippen molar-refractivity contribution in [3.63, 3.8) is 0 Å². The van der Waals surface area contributed by atoms with Crippen molar-refractivity contribution in [3.05, 3.63) is 65.7 Å². The van der Waals surface area contributed by atoms with Gasteiger partial charge in [0.2, 0.25) is 5.88 Å². The van der Waals surface area contributed by atoms with Crippen LogP contribution in [0.5, 0.6) is 11.6 Å². The summed E-state index contributed by atoms with van der Waals surface area (Å²) in [5.74, 6) is -0.116. The molecule has 3 fully saturated rings. The number of aromatic nitrogens is 1. The lowest BCUT2D eigenvalue weighted by Gasteiger charge is -2.17. The van der Waals surface area contributed by atoms with Gasteiger partial charge in [-0.25, -0.2) is 4.98 Å². The minimum Gasteiger partial charge on any atom is -0.439 e. The number of ether oxygens (including phenoxy) is 2. The Balaban J connectivity index is 1.35. The molecule has 156 valence electrons. The number of fused-ring (bicyclic) bond motifs is 6. The molecule has 5 atom stereocenters. The lowest BCUT2D eigenvalue weighted by atomic mass is 9.81. The molecule has 3 aromatic rings. The lowest BCUT2D eigenvalue weighted by Crippen LogP contribution is -2.29. The second kappa shape index (κ2) is 6.99. The number of benzene rings is 2. The van der Waals surface area contributed by atoms with Crippen molar-refractivity contribution in [1.82, 2.24) is 4.98 Å². The molecular formula is C26H23NO4. The molecule has 5 nitrogen and oxygen atoms in total. The number of Topliss-reactive ketones (excluding diaryl/α,β-unsaturated/α-hetero) is 2. The first-order chi connectivity index (χ1) is 15.1. The summed E-state index contributed by atoms with van der Waals surface area (Å²) in [4.78, 5) is 31.2. The number of pyridine rings is 1. The highest BCUT2D eigenvalue weighted by atomic mass is 16.5. The summed E-state index contributed by atoms with van der Waals surface area (Å²) in [6, 6.07) is 17.4. The van der Waals surface area contributed by atoms with E-state index in [1.54, 1.807) is 0 Å². The summed E-state index contributed by atoms with van der Waals surface area (Å²) in [5, 5.41) is 1.04. The van der Waals surface area contributed by atoms with Crippen LogP contribution in [-0.4, -0.2) is 28.8 Å². The average Bonchev–Trinajstić information content (AvgIpc) is 3.47. The molecule has 1 saturated carbocycles. The van der Waals surface area contributed by atoms with Crippen LogP contribution in [0.1, 0.15) is 36.8 Å². The van der Waals surface area contributed by atoms with E-state index < -0.39 is 5.92 Å². The quantitative estimate of drug-likeness (QED) is 0.584. The maximum atomic E-state index is 13.3. The molecule has 2 bridgehead atoms. The second-order valence-electron chi connectivity index (χ2n) is 8.74. The maximum Gasteiger partial charge on any atom is 0.219 e. The number of hydrogen-bond acceptors (Lipinski definition) is 5. The molecule has 5 heteroatoms.